The highest BCUT2D eigenvalue weighted by molar-refractivity contribution is 7.98. The molecule has 0 aromatic heterocycles. The molecule has 0 radical (unpaired) electrons. The molecule has 0 saturated carbocycles. The van der Waals surface area contributed by atoms with Gasteiger partial charge in [-0.1, -0.05) is 6.92 Å². The van der Waals surface area contributed by atoms with Gasteiger partial charge in [0.2, 0.25) is 11.8 Å². The van der Waals surface area contributed by atoms with Gasteiger partial charge in [0.15, 0.2) is 0 Å². The van der Waals surface area contributed by atoms with Gasteiger partial charge in [-0.15, -0.1) is 11.8 Å². The predicted octanol–water partition coefficient (Wildman–Crippen LogP) is 0.386. The van der Waals surface area contributed by atoms with Gasteiger partial charge in [0.1, 0.15) is 12.6 Å². The molecule has 0 unspecified atom stereocenters. The number of rotatable bonds is 2. The van der Waals surface area contributed by atoms with Gasteiger partial charge < -0.3 is 9.80 Å². The first-order chi connectivity index (χ1) is 7.15. The van der Waals surface area contributed by atoms with Crippen LogP contribution in [-0.4, -0.2) is 52.9 Å². The third-order valence-corrected chi connectivity index (χ3v) is 3.77. The van der Waals surface area contributed by atoms with E-state index < -0.39 is 0 Å². The van der Waals surface area contributed by atoms with Crippen molar-refractivity contribution in [3.8, 4) is 0 Å². The van der Waals surface area contributed by atoms with Gasteiger partial charge in [0.25, 0.3) is 0 Å². The average Bonchev–Trinajstić information content (AvgIpc) is 2.57. The van der Waals surface area contributed by atoms with Crippen LogP contribution >= 0.6 is 11.8 Å². The minimum atomic E-state index is -0.182. The molecule has 0 aromatic rings. The van der Waals surface area contributed by atoms with E-state index in [1.54, 1.807) is 21.6 Å². The Hall–Kier alpha value is -0.710. The third kappa shape index (κ3) is 1.73. The molecule has 5 heteroatoms. The van der Waals surface area contributed by atoms with Crippen molar-refractivity contribution in [2.75, 3.05) is 25.2 Å². The lowest BCUT2D eigenvalue weighted by Crippen LogP contribution is -2.58. The maximum atomic E-state index is 12.1. The molecule has 2 heterocycles. The molecular weight excluding hydrogens is 212 g/mol. The zero-order valence-corrected chi connectivity index (χ0v) is 9.92. The van der Waals surface area contributed by atoms with Gasteiger partial charge in [0, 0.05) is 6.54 Å². The summed E-state index contributed by atoms with van der Waals surface area (Å²) in [5, 5.41) is 0. The summed E-state index contributed by atoms with van der Waals surface area (Å²) in [6, 6.07) is -0.182. The minimum Gasteiger partial charge on any atom is -0.329 e. The van der Waals surface area contributed by atoms with Crippen molar-refractivity contribution in [2.45, 2.75) is 19.4 Å². The Morgan fingerprint density at radius 2 is 2.20 bits per heavy atom. The molecular formula is C10H16N2O2S. The summed E-state index contributed by atoms with van der Waals surface area (Å²) < 4.78 is 0. The van der Waals surface area contributed by atoms with Crippen LogP contribution in [0.1, 0.15) is 13.3 Å². The predicted molar refractivity (Wildman–Crippen MR) is 59.4 cm³/mol. The Balaban J connectivity index is 2.17. The summed E-state index contributed by atoms with van der Waals surface area (Å²) in [5.41, 5.74) is 0. The van der Waals surface area contributed by atoms with Crippen LogP contribution in [0.3, 0.4) is 0 Å². The standard InChI is InChI=1S/C10H16N2O2S/c1-7-3-4-12-8(13)5-11(6-15-2)10(14)9(7)12/h7,9H,3-6H2,1-2H3/t7-,9-/m0/s1. The van der Waals surface area contributed by atoms with Crippen LogP contribution in [0.15, 0.2) is 0 Å². The first-order valence-corrected chi connectivity index (χ1v) is 6.61. The number of piperazine rings is 1. The first kappa shape index (κ1) is 10.8. The summed E-state index contributed by atoms with van der Waals surface area (Å²) in [6.07, 6.45) is 2.90. The molecule has 0 aliphatic carbocycles. The summed E-state index contributed by atoms with van der Waals surface area (Å²) in [4.78, 5) is 27.3. The van der Waals surface area contributed by atoms with Gasteiger partial charge >= 0.3 is 0 Å². The van der Waals surface area contributed by atoms with Crippen LogP contribution in [0.2, 0.25) is 0 Å². The minimum absolute atomic E-state index is 0.109. The fourth-order valence-electron chi connectivity index (χ4n) is 2.39. The number of amides is 2. The van der Waals surface area contributed by atoms with Gasteiger partial charge in [-0.25, -0.2) is 0 Å². The number of fused-ring (bicyclic) bond motifs is 1. The fraction of sp³-hybridized carbons (Fsp3) is 0.800. The van der Waals surface area contributed by atoms with E-state index in [0.717, 1.165) is 13.0 Å². The van der Waals surface area contributed by atoms with Crippen molar-refractivity contribution >= 4 is 23.6 Å². The van der Waals surface area contributed by atoms with E-state index in [-0.39, 0.29) is 24.4 Å². The maximum absolute atomic E-state index is 12.1. The second-order valence-electron chi connectivity index (χ2n) is 4.25. The van der Waals surface area contributed by atoms with Crippen molar-refractivity contribution in [2.24, 2.45) is 5.92 Å². The topological polar surface area (TPSA) is 40.6 Å². The zero-order valence-electron chi connectivity index (χ0n) is 9.10. The molecule has 0 N–H and O–H groups in total. The lowest BCUT2D eigenvalue weighted by molar-refractivity contribution is -0.153. The summed E-state index contributed by atoms with van der Waals surface area (Å²) in [7, 11) is 0. The molecule has 0 bridgehead atoms. The molecule has 2 amide bonds. The molecule has 15 heavy (non-hydrogen) atoms. The fourth-order valence-corrected chi connectivity index (χ4v) is 2.92. The van der Waals surface area contributed by atoms with E-state index >= 15 is 0 Å². The molecule has 4 nitrogen and oxygen atoms in total. The molecule has 2 rings (SSSR count). The molecule has 2 fully saturated rings. The van der Waals surface area contributed by atoms with Crippen LogP contribution in [-0.2, 0) is 9.59 Å². The molecule has 2 aliphatic rings. The molecule has 84 valence electrons. The number of hydrogen-bond donors (Lipinski definition) is 0. The Bertz CT molecular complexity index is 295. The molecule has 2 aliphatic heterocycles. The Labute approximate surface area is 94.0 Å². The van der Waals surface area contributed by atoms with Crippen LogP contribution in [0.5, 0.6) is 0 Å². The first-order valence-electron chi connectivity index (χ1n) is 5.22. The molecule has 2 saturated heterocycles. The molecule has 0 aromatic carbocycles. The highest BCUT2D eigenvalue weighted by atomic mass is 32.2. The second kappa shape index (κ2) is 4.04. The highest BCUT2D eigenvalue weighted by Gasteiger charge is 2.45. The van der Waals surface area contributed by atoms with E-state index in [9.17, 15) is 9.59 Å². The monoisotopic (exact) mass is 228 g/mol. The smallest absolute Gasteiger partial charge is 0.246 e. The maximum Gasteiger partial charge on any atom is 0.246 e. The lowest BCUT2D eigenvalue weighted by Gasteiger charge is -2.37. The zero-order chi connectivity index (χ0) is 11.0. The van der Waals surface area contributed by atoms with Crippen LogP contribution < -0.4 is 0 Å². The summed E-state index contributed by atoms with van der Waals surface area (Å²) in [5.74, 6) is 1.18. The van der Waals surface area contributed by atoms with Crippen molar-refractivity contribution in [1.82, 2.24) is 9.80 Å². The second-order valence-corrected chi connectivity index (χ2v) is 5.09. The van der Waals surface area contributed by atoms with E-state index in [1.165, 1.54) is 0 Å². The van der Waals surface area contributed by atoms with E-state index in [4.69, 9.17) is 0 Å². The number of hydrogen-bond acceptors (Lipinski definition) is 3. The average molecular weight is 228 g/mol. The quantitative estimate of drug-likeness (QED) is 0.686. The van der Waals surface area contributed by atoms with E-state index in [1.807, 2.05) is 6.26 Å². The van der Waals surface area contributed by atoms with Crippen LogP contribution in [0.4, 0.5) is 0 Å². The molecule has 0 spiro atoms. The number of thioether (sulfide) groups is 1. The third-order valence-electron chi connectivity index (χ3n) is 3.20. The van der Waals surface area contributed by atoms with Crippen molar-refractivity contribution in [3.63, 3.8) is 0 Å². The van der Waals surface area contributed by atoms with Gasteiger partial charge in [-0.2, -0.15) is 0 Å². The normalized spacial score (nSPS) is 31.1. The van der Waals surface area contributed by atoms with Gasteiger partial charge in [-0.3, -0.25) is 9.59 Å². The van der Waals surface area contributed by atoms with Crippen molar-refractivity contribution < 1.29 is 9.59 Å². The SMILES string of the molecule is CSCN1CC(=O)N2CC[C@H](C)[C@H]2C1=O. The van der Waals surface area contributed by atoms with Crippen LogP contribution in [0, 0.1) is 5.92 Å². The lowest BCUT2D eigenvalue weighted by atomic mass is 10.0. The number of nitrogens with zero attached hydrogens (tertiary/aromatic N) is 2. The van der Waals surface area contributed by atoms with Crippen LogP contribution in [0.25, 0.3) is 0 Å². The van der Waals surface area contributed by atoms with Gasteiger partial charge in [0.05, 0.1) is 5.88 Å². The summed E-state index contributed by atoms with van der Waals surface area (Å²) >= 11 is 1.58. The highest BCUT2D eigenvalue weighted by Crippen LogP contribution is 2.29. The Morgan fingerprint density at radius 3 is 2.87 bits per heavy atom. The summed E-state index contributed by atoms with van der Waals surface area (Å²) in [6.45, 7) is 3.07. The van der Waals surface area contributed by atoms with E-state index in [2.05, 4.69) is 6.92 Å². The largest absolute Gasteiger partial charge is 0.329 e. The molecule has 2 atom stereocenters. The Kier molecular flexibility index (Phi) is 2.91. The van der Waals surface area contributed by atoms with Gasteiger partial charge in [-0.05, 0) is 18.6 Å². The number of carbonyl (C=O) groups excluding carboxylic acids is 2. The van der Waals surface area contributed by atoms with E-state index in [0.29, 0.717) is 11.8 Å². The van der Waals surface area contributed by atoms with Crippen molar-refractivity contribution in [1.29, 1.82) is 0 Å². The van der Waals surface area contributed by atoms with Crippen molar-refractivity contribution in [3.05, 3.63) is 0 Å². The Morgan fingerprint density at radius 1 is 1.47 bits per heavy atom. The number of carbonyl (C=O) groups is 2.